The molecular formula is C13H16N2S. The molecule has 1 rings (SSSR count). The number of thiocarbonyl (C=S) groups is 1. The van der Waals surface area contributed by atoms with Crippen molar-refractivity contribution in [2.24, 2.45) is 4.99 Å². The molecular weight excluding hydrogens is 216 g/mol. The van der Waals surface area contributed by atoms with Crippen molar-refractivity contribution in [2.75, 3.05) is 12.4 Å². The molecule has 0 aromatic heterocycles. The Hall–Kier alpha value is -1.48. The summed E-state index contributed by atoms with van der Waals surface area (Å²) in [6.07, 6.45) is 3.64. The van der Waals surface area contributed by atoms with E-state index in [1.54, 1.807) is 7.05 Å². The molecule has 0 bridgehead atoms. The van der Waals surface area contributed by atoms with Gasteiger partial charge in [-0.2, -0.15) is 0 Å². The maximum absolute atomic E-state index is 5.06. The Morgan fingerprint density at radius 2 is 2.19 bits per heavy atom. The van der Waals surface area contributed by atoms with Gasteiger partial charge in [-0.05, 0) is 31.5 Å². The van der Waals surface area contributed by atoms with Gasteiger partial charge in [0.25, 0.3) is 0 Å². The highest BCUT2D eigenvalue weighted by molar-refractivity contribution is 7.80. The predicted molar refractivity (Wildman–Crippen MR) is 76.7 cm³/mol. The van der Waals surface area contributed by atoms with Crippen molar-refractivity contribution in [1.29, 1.82) is 0 Å². The van der Waals surface area contributed by atoms with Crippen LogP contribution in [0.2, 0.25) is 0 Å². The quantitative estimate of drug-likeness (QED) is 0.637. The molecule has 2 nitrogen and oxygen atoms in total. The lowest BCUT2D eigenvalue weighted by Crippen LogP contribution is -2.06. The van der Waals surface area contributed by atoms with E-state index in [-0.39, 0.29) is 0 Å². The minimum Gasteiger partial charge on any atom is -0.350 e. The molecule has 0 heterocycles. The lowest BCUT2D eigenvalue weighted by Gasteiger charge is -2.12. The fourth-order valence-corrected chi connectivity index (χ4v) is 1.70. The Balaban J connectivity index is 3.35. The third kappa shape index (κ3) is 3.00. The third-order valence-electron chi connectivity index (χ3n) is 2.14. The summed E-state index contributed by atoms with van der Waals surface area (Å²) < 4.78 is 0. The molecule has 0 saturated carbocycles. The van der Waals surface area contributed by atoms with Gasteiger partial charge in [0.05, 0.1) is 4.99 Å². The number of anilines is 1. The predicted octanol–water partition coefficient (Wildman–Crippen LogP) is 3.45. The maximum atomic E-state index is 5.06. The monoisotopic (exact) mass is 232 g/mol. The molecule has 84 valence electrons. The fourth-order valence-electron chi connectivity index (χ4n) is 1.59. The molecule has 1 aromatic rings. The van der Waals surface area contributed by atoms with Crippen LogP contribution in [-0.2, 0) is 0 Å². The number of benzene rings is 1. The molecule has 0 unspecified atom stereocenters. The van der Waals surface area contributed by atoms with Crippen molar-refractivity contribution in [3.05, 3.63) is 35.4 Å². The van der Waals surface area contributed by atoms with Gasteiger partial charge in [0.1, 0.15) is 0 Å². The average Bonchev–Trinajstić information content (AvgIpc) is 2.16. The fraction of sp³-hybridized carbons (Fsp3) is 0.231. The van der Waals surface area contributed by atoms with E-state index in [1.165, 1.54) is 5.56 Å². The first-order chi connectivity index (χ1) is 7.58. The second-order valence-electron chi connectivity index (χ2n) is 3.59. The van der Waals surface area contributed by atoms with Gasteiger partial charge in [-0.3, -0.25) is 4.99 Å². The molecule has 1 N–H and O–H groups in total. The van der Waals surface area contributed by atoms with Crippen LogP contribution in [-0.4, -0.2) is 18.3 Å². The largest absolute Gasteiger partial charge is 0.350 e. The van der Waals surface area contributed by atoms with E-state index in [9.17, 15) is 0 Å². The number of rotatable bonds is 3. The molecule has 0 radical (unpaired) electrons. The van der Waals surface area contributed by atoms with E-state index in [0.717, 1.165) is 21.8 Å². The van der Waals surface area contributed by atoms with E-state index >= 15 is 0 Å². The van der Waals surface area contributed by atoms with Crippen molar-refractivity contribution < 1.29 is 0 Å². The number of aliphatic imine (C=N–C) groups is 1. The van der Waals surface area contributed by atoms with E-state index in [1.807, 2.05) is 26.1 Å². The van der Waals surface area contributed by atoms with Crippen molar-refractivity contribution in [2.45, 2.75) is 13.8 Å². The summed E-state index contributed by atoms with van der Waals surface area (Å²) in [5.74, 6) is 0. The zero-order valence-corrected chi connectivity index (χ0v) is 10.7. The first kappa shape index (κ1) is 12.6. The van der Waals surface area contributed by atoms with E-state index in [0.29, 0.717) is 0 Å². The summed E-state index contributed by atoms with van der Waals surface area (Å²) >= 11 is 5.06. The van der Waals surface area contributed by atoms with Crippen molar-refractivity contribution in [3.8, 4) is 0 Å². The van der Waals surface area contributed by atoms with Gasteiger partial charge in [0, 0.05) is 30.1 Å². The number of hydrogen-bond donors (Lipinski definition) is 1. The van der Waals surface area contributed by atoms with Gasteiger partial charge in [-0.1, -0.05) is 24.9 Å². The van der Waals surface area contributed by atoms with Gasteiger partial charge in [-0.25, -0.2) is 0 Å². The van der Waals surface area contributed by atoms with Gasteiger partial charge in [0.2, 0.25) is 0 Å². The lowest BCUT2D eigenvalue weighted by molar-refractivity contribution is 1.42. The molecule has 0 amide bonds. The first-order valence-electron chi connectivity index (χ1n) is 5.05. The van der Waals surface area contributed by atoms with E-state index in [2.05, 4.69) is 29.0 Å². The molecule has 1 aromatic carbocycles. The zero-order chi connectivity index (χ0) is 12.1. The Bertz CT molecular complexity index is 447. The summed E-state index contributed by atoms with van der Waals surface area (Å²) in [4.78, 5) is 4.79. The second-order valence-corrected chi connectivity index (χ2v) is 4.20. The van der Waals surface area contributed by atoms with Crippen LogP contribution in [0, 0.1) is 6.92 Å². The van der Waals surface area contributed by atoms with Crippen molar-refractivity contribution >= 4 is 35.2 Å². The van der Waals surface area contributed by atoms with Crippen LogP contribution in [0.25, 0.3) is 6.08 Å². The van der Waals surface area contributed by atoms with Crippen LogP contribution in [0.1, 0.15) is 23.6 Å². The van der Waals surface area contributed by atoms with Crippen LogP contribution in [0.5, 0.6) is 0 Å². The summed E-state index contributed by atoms with van der Waals surface area (Å²) in [5, 5.41) is 3.16. The number of nitrogens with one attached hydrogen (secondary N) is 1. The molecule has 0 aliphatic heterocycles. The van der Waals surface area contributed by atoms with Crippen molar-refractivity contribution in [1.82, 2.24) is 0 Å². The molecule has 3 heteroatoms. The molecule has 0 atom stereocenters. The Morgan fingerprint density at radius 1 is 1.50 bits per heavy atom. The van der Waals surface area contributed by atoms with Gasteiger partial charge >= 0.3 is 0 Å². The maximum Gasteiger partial charge on any atom is 0.0765 e. The Morgan fingerprint density at radius 3 is 2.69 bits per heavy atom. The highest BCUT2D eigenvalue weighted by atomic mass is 32.1. The normalized spacial score (nSPS) is 10.4. The number of hydrogen-bond acceptors (Lipinski definition) is 2. The minimum atomic E-state index is 0.744. The number of aryl methyl sites for hydroxylation is 1. The second kappa shape index (κ2) is 5.56. The molecule has 16 heavy (non-hydrogen) atoms. The highest BCUT2D eigenvalue weighted by Crippen LogP contribution is 2.23. The van der Waals surface area contributed by atoms with Crippen LogP contribution in [0.4, 0.5) is 5.69 Å². The summed E-state index contributed by atoms with van der Waals surface area (Å²) in [6, 6.07) is 4.13. The Kier molecular flexibility index (Phi) is 4.38. The molecule has 0 saturated heterocycles. The van der Waals surface area contributed by atoms with Crippen LogP contribution in [0.3, 0.4) is 0 Å². The van der Waals surface area contributed by atoms with Gasteiger partial charge < -0.3 is 5.32 Å². The molecule has 0 fully saturated rings. The SMILES string of the molecule is C=Cc1c(C=NC)cc(C)cc1NC(C)=S. The summed E-state index contributed by atoms with van der Waals surface area (Å²) in [7, 11) is 1.76. The minimum absolute atomic E-state index is 0.744. The topological polar surface area (TPSA) is 24.4 Å². The number of nitrogens with zero attached hydrogens (tertiary/aromatic N) is 1. The molecule has 0 aliphatic rings. The summed E-state index contributed by atoms with van der Waals surface area (Å²) in [6.45, 7) is 7.73. The molecule has 0 spiro atoms. The van der Waals surface area contributed by atoms with Crippen LogP contribution < -0.4 is 5.32 Å². The van der Waals surface area contributed by atoms with Gasteiger partial charge in [-0.15, -0.1) is 0 Å². The summed E-state index contributed by atoms with van der Waals surface area (Å²) in [5.41, 5.74) is 4.23. The Labute approximate surface area is 102 Å². The smallest absolute Gasteiger partial charge is 0.0765 e. The van der Waals surface area contributed by atoms with E-state index < -0.39 is 0 Å². The van der Waals surface area contributed by atoms with Crippen LogP contribution >= 0.6 is 12.2 Å². The third-order valence-corrected chi connectivity index (χ3v) is 2.24. The van der Waals surface area contributed by atoms with Gasteiger partial charge in [0.15, 0.2) is 0 Å². The van der Waals surface area contributed by atoms with Crippen LogP contribution in [0.15, 0.2) is 23.7 Å². The van der Waals surface area contributed by atoms with Crippen molar-refractivity contribution in [3.63, 3.8) is 0 Å². The highest BCUT2D eigenvalue weighted by Gasteiger charge is 2.05. The average molecular weight is 232 g/mol. The van der Waals surface area contributed by atoms with E-state index in [4.69, 9.17) is 12.2 Å². The first-order valence-corrected chi connectivity index (χ1v) is 5.46. The standard InChI is InChI=1S/C13H16N2S/c1-5-12-11(8-14-4)6-9(2)7-13(12)15-10(3)16/h5-8H,1H2,2-4H3,(H,15,16). The lowest BCUT2D eigenvalue weighted by atomic mass is 10.0. The molecule has 0 aliphatic carbocycles. The zero-order valence-electron chi connectivity index (χ0n) is 9.87.